The van der Waals surface area contributed by atoms with Crippen LogP contribution in [0.4, 0.5) is 9.52 Å². The van der Waals surface area contributed by atoms with Gasteiger partial charge < -0.3 is 10.1 Å². The third-order valence-corrected chi connectivity index (χ3v) is 4.22. The summed E-state index contributed by atoms with van der Waals surface area (Å²) in [5, 5.41) is 6.24. The topological polar surface area (TPSA) is 34.1 Å². The van der Waals surface area contributed by atoms with Crippen LogP contribution in [0, 0.1) is 5.82 Å². The number of nitrogens with one attached hydrogen (secondary N) is 1. The second-order valence-corrected chi connectivity index (χ2v) is 5.77. The molecule has 1 aliphatic rings. The minimum absolute atomic E-state index is 0.225. The minimum atomic E-state index is -0.225. The fraction of sp³-hybridized carbons (Fsp3) is 0.312. The highest BCUT2D eigenvalue weighted by Crippen LogP contribution is 2.25. The SMILES string of the molecule is Fc1ccc(-c2csc(NCCC3=CCOCC3)n2)cc1. The van der Waals surface area contributed by atoms with Crippen molar-refractivity contribution in [3.63, 3.8) is 0 Å². The van der Waals surface area contributed by atoms with Gasteiger partial charge >= 0.3 is 0 Å². The van der Waals surface area contributed by atoms with Gasteiger partial charge in [0.15, 0.2) is 5.13 Å². The van der Waals surface area contributed by atoms with Crippen molar-refractivity contribution in [1.82, 2.24) is 4.98 Å². The van der Waals surface area contributed by atoms with Crippen LogP contribution in [0.3, 0.4) is 0 Å². The monoisotopic (exact) mass is 304 g/mol. The Hall–Kier alpha value is -1.72. The molecule has 0 amide bonds. The molecule has 0 aliphatic carbocycles. The molecule has 3 rings (SSSR count). The van der Waals surface area contributed by atoms with Crippen LogP contribution in [0.2, 0.25) is 0 Å². The van der Waals surface area contributed by atoms with E-state index in [1.807, 2.05) is 5.38 Å². The van der Waals surface area contributed by atoms with E-state index in [1.165, 1.54) is 17.7 Å². The lowest BCUT2D eigenvalue weighted by molar-refractivity contribution is 0.153. The number of halogens is 1. The second kappa shape index (κ2) is 6.83. The lowest BCUT2D eigenvalue weighted by atomic mass is 10.1. The van der Waals surface area contributed by atoms with E-state index in [1.54, 1.807) is 23.5 Å². The Kier molecular flexibility index (Phi) is 4.62. The quantitative estimate of drug-likeness (QED) is 0.845. The van der Waals surface area contributed by atoms with Gasteiger partial charge in [-0.2, -0.15) is 0 Å². The number of hydrogen-bond acceptors (Lipinski definition) is 4. The Labute approximate surface area is 127 Å². The van der Waals surface area contributed by atoms with Gasteiger partial charge in [-0.25, -0.2) is 9.37 Å². The van der Waals surface area contributed by atoms with E-state index in [0.29, 0.717) is 0 Å². The summed E-state index contributed by atoms with van der Waals surface area (Å²) in [6, 6.07) is 6.42. The fourth-order valence-electron chi connectivity index (χ4n) is 2.23. The zero-order chi connectivity index (χ0) is 14.5. The average molecular weight is 304 g/mol. The number of thiazole rings is 1. The number of benzene rings is 1. The molecule has 110 valence electrons. The Balaban J connectivity index is 1.55. The Morgan fingerprint density at radius 2 is 2.14 bits per heavy atom. The van der Waals surface area contributed by atoms with Crippen molar-refractivity contribution in [1.29, 1.82) is 0 Å². The summed E-state index contributed by atoms with van der Waals surface area (Å²) in [5.41, 5.74) is 3.27. The maximum absolute atomic E-state index is 12.9. The molecule has 5 heteroatoms. The van der Waals surface area contributed by atoms with Gasteiger partial charge in [-0.05, 0) is 37.1 Å². The predicted octanol–water partition coefficient (Wildman–Crippen LogP) is 4.10. The number of hydrogen-bond donors (Lipinski definition) is 1. The molecule has 0 unspecified atom stereocenters. The van der Waals surface area contributed by atoms with Gasteiger partial charge in [0.1, 0.15) is 5.82 Å². The molecule has 2 aromatic rings. The zero-order valence-electron chi connectivity index (χ0n) is 11.6. The van der Waals surface area contributed by atoms with E-state index < -0.39 is 0 Å². The normalized spacial score (nSPS) is 14.8. The molecule has 3 nitrogen and oxygen atoms in total. The highest BCUT2D eigenvalue weighted by molar-refractivity contribution is 7.14. The van der Waals surface area contributed by atoms with Gasteiger partial charge in [0.2, 0.25) is 0 Å². The summed E-state index contributed by atoms with van der Waals surface area (Å²) >= 11 is 1.58. The third-order valence-electron chi connectivity index (χ3n) is 3.42. The van der Waals surface area contributed by atoms with Crippen LogP contribution in [0.5, 0.6) is 0 Å². The van der Waals surface area contributed by atoms with Crippen molar-refractivity contribution in [2.45, 2.75) is 12.8 Å². The van der Waals surface area contributed by atoms with Gasteiger partial charge in [-0.1, -0.05) is 11.6 Å². The highest BCUT2D eigenvalue weighted by atomic mass is 32.1. The predicted molar refractivity (Wildman–Crippen MR) is 84.1 cm³/mol. The number of rotatable bonds is 5. The van der Waals surface area contributed by atoms with Gasteiger partial charge in [0, 0.05) is 17.5 Å². The van der Waals surface area contributed by atoms with E-state index in [9.17, 15) is 4.39 Å². The molecule has 1 aromatic heterocycles. The molecule has 1 aromatic carbocycles. The Morgan fingerprint density at radius 3 is 2.90 bits per heavy atom. The Morgan fingerprint density at radius 1 is 1.29 bits per heavy atom. The van der Waals surface area contributed by atoms with Crippen molar-refractivity contribution in [2.24, 2.45) is 0 Å². The largest absolute Gasteiger partial charge is 0.377 e. The van der Waals surface area contributed by atoms with Crippen LogP contribution in [-0.2, 0) is 4.74 Å². The molecule has 21 heavy (non-hydrogen) atoms. The first-order valence-corrected chi connectivity index (χ1v) is 7.90. The maximum atomic E-state index is 12.9. The summed E-state index contributed by atoms with van der Waals surface area (Å²) < 4.78 is 18.2. The van der Waals surface area contributed by atoms with Gasteiger partial charge in [0.25, 0.3) is 0 Å². The molecule has 0 saturated heterocycles. The van der Waals surface area contributed by atoms with Gasteiger partial charge in [-0.15, -0.1) is 11.3 Å². The molecule has 0 saturated carbocycles. The zero-order valence-corrected chi connectivity index (χ0v) is 12.5. The standard InChI is InChI=1S/C16H17FN2OS/c17-14-3-1-13(2-4-14)15-11-21-16(19-15)18-8-5-12-6-9-20-10-7-12/h1-4,6,11H,5,7-10H2,(H,18,19). The molecular formula is C16H17FN2OS. The summed E-state index contributed by atoms with van der Waals surface area (Å²) in [5.74, 6) is -0.225. The van der Waals surface area contributed by atoms with Crippen molar-refractivity contribution < 1.29 is 9.13 Å². The van der Waals surface area contributed by atoms with E-state index in [2.05, 4.69) is 16.4 Å². The van der Waals surface area contributed by atoms with Crippen molar-refractivity contribution in [3.8, 4) is 11.3 Å². The first-order valence-electron chi connectivity index (χ1n) is 7.02. The minimum Gasteiger partial charge on any atom is -0.377 e. The fourth-order valence-corrected chi connectivity index (χ4v) is 2.98. The first-order chi connectivity index (χ1) is 10.3. The average Bonchev–Trinajstić information content (AvgIpc) is 2.98. The maximum Gasteiger partial charge on any atom is 0.183 e. The highest BCUT2D eigenvalue weighted by Gasteiger charge is 2.06. The summed E-state index contributed by atoms with van der Waals surface area (Å²) in [4.78, 5) is 4.53. The first kappa shape index (κ1) is 14.2. The third kappa shape index (κ3) is 3.89. The molecule has 2 heterocycles. The molecule has 1 N–H and O–H groups in total. The number of ether oxygens (including phenoxy) is 1. The van der Waals surface area contributed by atoms with E-state index in [4.69, 9.17) is 4.74 Å². The van der Waals surface area contributed by atoms with Crippen LogP contribution >= 0.6 is 11.3 Å². The van der Waals surface area contributed by atoms with Crippen molar-refractivity contribution >= 4 is 16.5 Å². The van der Waals surface area contributed by atoms with Gasteiger partial charge in [-0.3, -0.25) is 0 Å². The Bertz CT molecular complexity index is 621. The van der Waals surface area contributed by atoms with Crippen molar-refractivity contribution in [2.75, 3.05) is 25.1 Å². The van der Waals surface area contributed by atoms with Crippen molar-refractivity contribution in [3.05, 3.63) is 47.1 Å². The van der Waals surface area contributed by atoms with E-state index >= 15 is 0 Å². The molecule has 0 spiro atoms. The number of anilines is 1. The van der Waals surface area contributed by atoms with Crippen LogP contribution in [-0.4, -0.2) is 24.7 Å². The molecule has 0 bridgehead atoms. The molecule has 1 aliphatic heterocycles. The lowest BCUT2D eigenvalue weighted by Crippen LogP contribution is -2.08. The smallest absolute Gasteiger partial charge is 0.183 e. The summed E-state index contributed by atoms with van der Waals surface area (Å²) in [6.45, 7) is 2.45. The second-order valence-electron chi connectivity index (χ2n) is 4.91. The number of nitrogens with zero attached hydrogens (tertiary/aromatic N) is 1. The van der Waals surface area contributed by atoms with Crippen LogP contribution in [0.25, 0.3) is 11.3 Å². The molecule has 0 fully saturated rings. The van der Waals surface area contributed by atoms with E-state index in [0.717, 1.165) is 49.0 Å². The number of aromatic nitrogens is 1. The molecule has 0 radical (unpaired) electrons. The molecule has 0 atom stereocenters. The summed E-state index contributed by atoms with van der Waals surface area (Å²) in [6.07, 6.45) is 4.21. The summed E-state index contributed by atoms with van der Waals surface area (Å²) in [7, 11) is 0. The van der Waals surface area contributed by atoms with E-state index in [-0.39, 0.29) is 5.82 Å². The van der Waals surface area contributed by atoms with Crippen LogP contribution in [0.1, 0.15) is 12.8 Å². The van der Waals surface area contributed by atoms with Crippen LogP contribution in [0.15, 0.2) is 41.3 Å². The lowest BCUT2D eigenvalue weighted by Gasteiger charge is -2.13. The molecular weight excluding hydrogens is 287 g/mol. The van der Waals surface area contributed by atoms with Crippen LogP contribution < -0.4 is 5.32 Å². The van der Waals surface area contributed by atoms with Gasteiger partial charge in [0.05, 0.1) is 18.9 Å².